The quantitative estimate of drug-likeness (QED) is 0.517. The normalized spacial score (nSPS) is 10.6. The first kappa shape index (κ1) is 15.9. The zero-order valence-corrected chi connectivity index (χ0v) is 13.3. The van der Waals surface area contributed by atoms with Crippen molar-refractivity contribution in [2.24, 2.45) is 0 Å². The fraction of sp³-hybridized carbons (Fsp3) is 0.250. The molecule has 8 heteroatoms. The van der Waals surface area contributed by atoms with Crippen molar-refractivity contribution >= 4 is 28.6 Å². The van der Waals surface area contributed by atoms with Crippen LogP contribution in [0.25, 0.3) is 11.0 Å². The highest BCUT2D eigenvalue weighted by molar-refractivity contribution is 5.93. The van der Waals surface area contributed by atoms with Crippen LogP contribution in [0.2, 0.25) is 0 Å². The molecule has 4 N–H and O–H groups in total. The third kappa shape index (κ3) is 3.49. The predicted octanol–water partition coefficient (Wildman–Crippen LogP) is 1.48. The van der Waals surface area contributed by atoms with Crippen LogP contribution >= 0.6 is 0 Å². The Kier molecular flexibility index (Phi) is 4.97. The van der Waals surface area contributed by atoms with E-state index in [1.165, 1.54) is 6.33 Å². The average Bonchev–Trinajstić information content (AvgIpc) is 2.64. The summed E-state index contributed by atoms with van der Waals surface area (Å²) < 4.78 is 0. The highest BCUT2D eigenvalue weighted by atomic mass is 16.3. The zero-order chi connectivity index (χ0) is 16.8. The minimum absolute atomic E-state index is 0.00164. The molecule has 0 amide bonds. The Balaban J connectivity index is 1.97. The molecule has 24 heavy (non-hydrogen) atoms. The molecule has 0 aliphatic heterocycles. The van der Waals surface area contributed by atoms with Gasteiger partial charge in [0.1, 0.15) is 17.4 Å². The first-order chi connectivity index (χ1) is 11.8. The van der Waals surface area contributed by atoms with Crippen LogP contribution < -0.4 is 16.0 Å². The number of hydrogen-bond acceptors (Lipinski definition) is 8. The van der Waals surface area contributed by atoms with Crippen molar-refractivity contribution in [1.82, 2.24) is 19.9 Å². The molecular weight excluding hydrogens is 306 g/mol. The molecule has 0 saturated heterocycles. The molecule has 1 aromatic carbocycles. The standard InChI is InChI=1S/C16H19N7O/c1-17-14-13-12(20-10-21-14)15(23-16(22-13)18-7-8-24)19-9-11-5-3-2-4-6-11/h2-6,10,24H,7-9H2,1H3,(H,17,20,21)(H2,18,19,22,23). The van der Waals surface area contributed by atoms with Crippen LogP contribution in [0.5, 0.6) is 0 Å². The Hall–Kier alpha value is -3.00. The van der Waals surface area contributed by atoms with Crippen molar-refractivity contribution in [2.45, 2.75) is 6.54 Å². The highest BCUT2D eigenvalue weighted by Gasteiger charge is 2.12. The fourth-order valence-electron chi connectivity index (χ4n) is 2.28. The topological polar surface area (TPSA) is 108 Å². The molecule has 8 nitrogen and oxygen atoms in total. The molecular formula is C16H19N7O. The van der Waals surface area contributed by atoms with Crippen molar-refractivity contribution in [1.29, 1.82) is 0 Å². The molecule has 0 radical (unpaired) electrons. The van der Waals surface area contributed by atoms with Crippen molar-refractivity contribution < 1.29 is 5.11 Å². The molecule has 2 heterocycles. The number of rotatable bonds is 7. The number of nitrogens with zero attached hydrogens (tertiary/aromatic N) is 4. The summed E-state index contributed by atoms with van der Waals surface area (Å²) in [7, 11) is 1.78. The molecule has 3 rings (SSSR count). The maximum Gasteiger partial charge on any atom is 0.225 e. The fourth-order valence-corrected chi connectivity index (χ4v) is 2.28. The molecule has 0 aliphatic carbocycles. The Morgan fingerprint density at radius 3 is 2.54 bits per heavy atom. The molecule has 0 bridgehead atoms. The maximum atomic E-state index is 8.99. The molecule has 124 valence electrons. The van der Waals surface area contributed by atoms with E-state index in [0.29, 0.717) is 41.7 Å². The number of hydrogen-bond donors (Lipinski definition) is 4. The number of aliphatic hydroxyl groups is 1. The molecule has 0 fully saturated rings. The number of anilines is 3. The van der Waals surface area contributed by atoms with Crippen molar-refractivity contribution in [3.05, 3.63) is 42.2 Å². The third-order valence-corrected chi connectivity index (χ3v) is 3.42. The molecule has 0 spiro atoms. The molecule has 0 saturated carbocycles. The largest absolute Gasteiger partial charge is 0.395 e. The third-order valence-electron chi connectivity index (χ3n) is 3.42. The number of aliphatic hydroxyl groups excluding tert-OH is 1. The number of nitrogens with one attached hydrogen (secondary N) is 3. The molecule has 2 aromatic heterocycles. The summed E-state index contributed by atoms with van der Waals surface area (Å²) >= 11 is 0. The molecule has 0 aliphatic rings. The molecule has 0 atom stereocenters. The molecule has 0 unspecified atom stereocenters. The average molecular weight is 325 g/mol. The zero-order valence-electron chi connectivity index (χ0n) is 13.3. The van der Waals surface area contributed by atoms with Gasteiger partial charge in [0.25, 0.3) is 0 Å². The Bertz CT molecular complexity index is 810. The monoisotopic (exact) mass is 325 g/mol. The van der Waals surface area contributed by atoms with Gasteiger partial charge in [-0.05, 0) is 5.56 Å². The van der Waals surface area contributed by atoms with E-state index in [-0.39, 0.29) is 6.61 Å². The lowest BCUT2D eigenvalue weighted by atomic mass is 10.2. The van der Waals surface area contributed by atoms with E-state index in [4.69, 9.17) is 5.11 Å². The van der Waals surface area contributed by atoms with E-state index in [1.54, 1.807) is 7.05 Å². The van der Waals surface area contributed by atoms with E-state index < -0.39 is 0 Å². The lowest BCUT2D eigenvalue weighted by Gasteiger charge is -2.12. The minimum atomic E-state index is -0.00164. The van der Waals surface area contributed by atoms with Crippen molar-refractivity contribution in [3.8, 4) is 0 Å². The molecule has 3 aromatic rings. The number of benzene rings is 1. The summed E-state index contributed by atoms with van der Waals surface area (Å²) in [6, 6.07) is 10.0. The van der Waals surface area contributed by atoms with Crippen LogP contribution in [0.4, 0.5) is 17.6 Å². The first-order valence-corrected chi connectivity index (χ1v) is 7.65. The summed E-state index contributed by atoms with van der Waals surface area (Å²) in [6.45, 7) is 0.982. The van der Waals surface area contributed by atoms with E-state index in [2.05, 4.69) is 35.9 Å². The minimum Gasteiger partial charge on any atom is -0.395 e. The highest BCUT2D eigenvalue weighted by Crippen LogP contribution is 2.24. The van der Waals surface area contributed by atoms with E-state index in [1.807, 2.05) is 30.3 Å². The van der Waals surface area contributed by atoms with Crippen LogP contribution in [0.15, 0.2) is 36.7 Å². The summed E-state index contributed by atoms with van der Waals surface area (Å²) in [5.41, 5.74) is 2.39. The van der Waals surface area contributed by atoms with Crippen LogP contribution in [0.3, 0.4) is 0 Å². The summed E-state index contributed by atoms with van der Waals surface area (Å²) in [6.07, 6.45) is 1.48. The summed E-state index contributed by atoms with van der Waals surface area (Å²) in [5, 5.41) is 18.3. The van der Waals surface area contributed by atoms with Gasteiger partial charge in [0, 0.05) is 20.1 Å². The Morgan fingerprint density at radius 2 is 1.79 bits per heavy atom. The van der Waals surface area contributed by atoms with Crippen LogP contribution in [0.1, 0.15) is 5.56 Å². The van der Waals surface area contributed by atoms with Gasteiger partial charge in [-0.15, -0.1) is 0 Å². The second-order valence-corrected chi connectivity index (χ2v) is 5.05. The summed E-state index contributed by atoms with van der Waals surface area (Å²) in [5.74, 6) is 1.65. The van der Waals surface area contributed by atoms with Gasteiger partial charge >= 0.3 is 0 Å². The van der Waals surface area contributed by atoms with Gasteiger partial charge in [-0.25, -0.2) is 15.0 Å². The second-order valence-electron chi connectivity index (χ2n) is 5.05. The van der Waals surface area contributed by atoms with E-state index in [9.17, 15) is 0 Å². The SMILES string of the molecule is CNc1ncnc2c(NCc3ccccc3)nc(NCCO)nc12. The van der Waals surface area contributed by atoms with Crippen LogP contribution in [0, 0.1) is 0 Å². The van der Waals surface area contributed by atoms with Crippen molar-refractivity contribution in [2.75, 3.05) is 36.1 Å². The van der Waals surface area contributed by atoms with Gasteiger partial charge in [0.2, 0.25) is 5.95 Å². The first-order valence-electron chi connectivity index (χ1n) is 7.65. The lowest BCUT2D eigenvalue weighted by Crippen LogP contribution is -2.12. The van der Waals surface area contributed by atoms with Crippen LogP contribution in [-0.4, -0.2) is 45.2 Å². The van der Waals surface area contributed by atoms with Gasteiger partial charge in [0.05, 0.1) is 6.61 Å². The van der Waals surface area contributed by atoms with Crippen LogP contribution in [-0.2, 0) is 6.54 Å². The Labute approximate surface area is 139 Å². The van der Waals surface area contributed by atoms with Gasteiger partial charge in [0.15, 0.2) is 11.6 Å². The predicted molar refractivity (Wildman–Crippen MR) is 94.0 cm³/mol. The van der Waals surface area contributed by atoms with Gasteiger partial charge in [-0.1, -0.05) is 30.3 Å². The smallest absolute Gasteiger partial charge is 0.225 e. The van der Waals surface area contributed by atoms with E-state index >= 15 is 0 Å². The lowest BCUT2D eigenvalue weighted by molar-refractivity contribution is 0.311. The summed E-state index contributed by atoms with van der Waals surface area (Å²) in [4.78, 5) is 17.4. The van der Waals surface area contributed by atoms with E-state index in [0.717, 1.165) is 5.56 Å². The van der Waals surface area contributed by atoms with Gasteiger partial charge in [-0.2, -0.15) is 4.98 Å². The maximum absolute atomic E-state index is 8.99. The van der Waals surface area contributed by atoms with Gasteiger partial charge < -0.3 is 21.1 Å². The number of fused-ring (bicyclic) bond motifs is 1. The second kappa shape index (κ2) is 7.51. The number of aromatic nitrogens is 4. The van der Waals surface area contributed by atoms with Gasteiger partial charge in [-0.3, -0.25) is 0 Å². The van der Waals surface area contributed by atoms with Crippen molar-refractivity contribution in [3.63, 3.8) is 0 Å². The Morgan fingerprint density at radius 1 is 0.958 bits per heavy atom.